The molecule has 3 aromatic rings. The third kappa shape index (κ3) is 4.41. The average molecular weight is 399 g/mol. The number of aliphatic hydroxyl groups is 2. The van der Waals surface area contributed by atoms with Crippen molar-refractivity contribution in [2.75, 3.05) is 26.4 Å². The molecule has 0 aliphatic carbocycles. The molecule has 1 heterocycles. The van der Waals surface area contributed by atoms with Gasteiger partial charge in [0.1, 0.15) is 13.2 Å². The standard InChI is InChI=1S/C22H25NO6/c1-2-3-8-23-19-6-4-15(21(26)28-11-9-24)13-17(19)18-14-16(5-7-20(18)23)22(27)29-12-10-25/h4-7,13-14,24-25H,2-3,8-12H2,1H3. The lowest BCUT2D eigenvalue weighted by Gasteiger charge is -2.07. The van der Waals surface area contributed by atoms with Crippen LogP contribution >= 0.6 is 0 Å². The molecule has 0 aliphatic rings. The number of carbonyl (C=O) groups is 2. The summed E-state index contributed by atoms with van der Waals surface area (Å²) < 4.78 is 12.2. The van der Waals surface area contributed by atoms with Crippen molar-refractivity contribution in [1.29, 1.82) is 0 Å². The van der Waals surface area contributed by atoms with E-state index in [4.69, 9.17) is 19.7 Å². The van der Waals surface area contributed by atoms with Crippen LogP contribution in [-0.4, -0.2) is 53.1 Å². The second kappa shape index (κ2) is 9.54. The van der Waals surface area contributed by atoms with Gasteiger partial charge >= 0.3 is 11.9 Å². The fraction of sp³-hybridized carbons (Fsp3) is 0.364. The van der Waals surface area contributed by atoms with E-state index in [1.807, 2.05) is 12.1 Å². The minimum absolute atomic E-state index is 0.0595. The van der Waals surface area contributed by atoms with Crippen LogP contribution in [0.4, 0.5) is 0 Å². The summed E-state index contributed by atoms with van der Waals surface area (Å²) in [6.45, 7) is 2.36. The van der Waals surface area contributed by atoms with E-state index >= 15 is 0 Å². The molecular formula is C22H25NO6. The van der Waals surface area contributed by atoms with Gasteiger partial charge in [0.25, 0.3) is 0 Å². The Kier molecular flexibility index (Phi) is 6.85. The van der Waals surface area contributed by atoms with Crippen molar-refractivity contribution < 1.29 is 29.3 Å². The molecule has 29 heavy (non-hydrogen) atoms. The first-order valence-corrected chi connectivity index (χ1v) is 9.72. The topological polar surface area (TPSA) is 98.0 Å². The zero-order valence-corrected chi connectivity index (χ0v) is 16.4. The third-order valence-corrected chi connectivity index (χ3v) is 4.72. The van der Waals surface area contributed by atoms with Gasteiger partial charge in [0, 0.05) is 28.4 Å². The van der Waals surface area contributed by atoms with Crippen LogP contribution in [0.25, 0.3) is 21.8 Å². The first-order valence-electron chi connectivity index (χ1n) is 9.72. The molecule has 0 aliphatic heterocycles. The molecule has 0 radical (unpaired) electrons. The van der Waals surface area contributed by atoms with Gasteiger partial charge in [-0.15, -0.1) is 0 Å². The van der Waals surface area contributed by atoms with Crippen molar-refractivity contribution in [1.82, 2.24) is 4.57 Å². The summed E-state index contributed by atoms with van der Waals surface area (Å²) in [7, 11) is 0. The van der Waals surface area contributed by atoms with Gasteiger partial charge in [0.05, 0.1) is 24.3 Å². The summed E-state index contributed by atoms with van der Waals surface area (Å²) in [6, 6.07) is 10.7. The highest BCUT2D eigenvalue weighted by molar-refractivity contribution is 6.12. The Bertz CT molecular complexity index is 946. The number of nitrogens with zero attached hydrogens (tertiary/aromatic N) is 1. The van der Waals surface area contributed by atoms with E-state index in [2.05, 4.69) is 11.5 Å². The molecule has 154 valence electrons. The van der Waals surface area contributed by atoms with Crippen LogP contribution < -0.4 is 0 Å². The molecule has 1 aromatic heterocycles. The molecular weight excluding hydrogens is 374 g/mol. The number of ether oxygens (including phenoxy) is 2. The van der Waals surface area contributed by atoms with Crippen LogP contribution in [0.1, 0.15) is 40.5 Å². The van der Waals surface area contributed by atoms with E-state index in [9.17, 15) is 9.59 Å². The van der Waals surface area contributed by atoms with Gasteiger partial charge in [-0.05, 0) is 42.8 Å². The number of aromatic nitrogens is 1. The van der Waals surface area contributed by atoms with Gasteiger partial charge in [0.15, 0.2) is 0 Å². The highest BCUT2D eigenvalue weighted by atomic mass is 16.5. The molecule has 0 amide bonds. The molecule has 0 fully saturated rings. The molecule has 2 aromatic carbocycles. The van der Waals surface area contributed by atoms with Crippen molar-refractivity contribution in [3.05, 3.63) is 47.5 Å². The highest BCUT2D eigenvalue weighted by Crippen LogP contribution is 2.31. The third-order valence-electron chi connectivity index (χ3n) is 4.72. The summed E-state index contributed by atoms with van der Waals surface area (Å²) >= 11 is 0. The van der Waals surface area contributed by atoms with Gasteiger partial charge in [-0.1, -0.05) is 13.3 Å². The van der Waals surface area contributed by atoms with Crippen LogP contribution in [0.2, 0.25) is 0 Å². The fourth-order valence-corrected chi connectivity index (χ4v) is 3.36. The largest absolute Gasteiger partial charge is 0.460 e. The monoisotopic (exact) mass is 399 g/mol. The second-order valence-corrected chi connectivity index (χ2v) is 6.69. The quantitative estimate of drug-likeness (QED) is 0.537. The molecule has 0 saturated heterocycles. The van der Waals surface area contributed by atoms with Crippen molar-refractivity contribution in [3.8, 4) is 0 Å². The van der Waals surface area contributed by atoms with Crippen molar-refractivity contribution in [2.24, 2.45) is 0 Å². The maximum Gasteiger partial charge on any atom is 0.338 e. The zero-order chi connectivity index (χ0) is 20.8. The molecule has 7 nitrogen and oxygen atoms in total. The Morgan fingerprint density at radius 2 is 1.34 bits per heavy atom. The Morgan fingerprint density at radius 3 is 1.76 bits per heavy atom. The molecule has 0 unspecified atom stereocenters. The number of fused-ring (bicyclic) bond motifs is 3. The lowest BCUT2D eigenvalue weighted by molar-refractivity contribution is 0.0427. The molecule has 0 bridgehead atoms. The summed E-state index contributed by atoms with van der Waals surface area (Å²) in [5, 5.41) is 19.4. The second-order valence-electron chi connectivity index (χ2n) is 6.69. The number of hydrogen-bond donors (Lipinski definition) is 2. The number of rotatable bonds is 9. The van der Waals surface area contributed by atoms with E-state index < -0.39 is 11.9 Å². The fourth-order valence-electron chi connectivity index (χ4n) is 3.36. The number of unbranched alkanes of at least 4 members (excludes halogenated alkanes) is 1. The lowest BCUT2D eigenvalue weighted by atomic mass is 10.1. The van der Waals surface area contributed by atoms with Gasteiger partial charge < -0.3 is 24.3 Å². The van der Waals surface area contributed by atoms with Crippen LogP contribution in [-0.2, 0) is 16.0 Å². The zero-order valence-electron chi connectivity index (χ0n) is 16.4. The van der Waals surface area contributed by atoms with Gasteiger partial charge in [-0.2, -0.15) is 0 Å². The van der Waals surface area contributed by atoms with Gasteiger partial charge in [-0.25, -0.2) is 9.59 Å². The lowest BCUT2D eigenvalue weighted by Crippen LogP contribution is -2.08. The van der Waals surface area contributed by atoms with Crippen molar-refractivity contribution in [3.63, 3.8) is 0 Å². The van der Waals surface area contributed by atoms with Crippen LogP contribution in [0.5, 0.6) is 0 Å². The van der Waals surface area contributed by atoms with Crippen LogP contribution in [0.3, 0.4) is 0 Å². The minimum atomic E-state index is -0.506. The summed E-state index contributed by atoms with van der Waals surface area (Å²) in [6.07, 6.45) is 2.04. The Labute approximate surface area is 168 Å². The average Bonchev–Trinajstić information content (AvgIpc) is 3.06. The maximum absolute atomic E-state index is 12.2. The SMILES string of the molecule is CCCCn1c2ccc(C(=O)OCCO)cc2c2cc(C(=O)OCCO)ccc21. The molecule has 7 heteroatoms. The molecule has 0 saturated carbocycles. The minimum Gasteiger partial charge on any atom is -0.460 e. The van der Waals surface area contributed by atoms with E-state index in [1.54, 1.807) is 24.3 Å². The summed E-state index contributed by atoms with van der Waals surface area (Å²) in [5.74, 6) is -1.01. The number of benzene rings is 2. The molecule has 2 N–H and O–H groups in total. The van der Waals surface area contributed by atoms with Crippen LogP contribution in [0, 0.1) is 0 Å². The van der Waals surface area contributed by atoms with Gasteiger partial charge in [0.2, 0.25) is 0 Å². The smallest absolute Gasteiger partial charge is 0.338 e. The highest BCUT2D eigenvalue weighted by Gasteiger charge is 2.16. The van der Waals surface area contributed by atoms with Crippen LogP contribution in [0.15, 0.2) is 36.4 Å². The maximum atomic E-state index is 12.2. The molecule has 3 rings (SSSR count). The normalized spacial score (nSPS) is 11.1. The Morgan fingerprint density at radius 1 is 0.862 bits per heavy atom. The van der Waals surface area contributed by atoms with Crippen molar-refractivity contribution >= 4 is 33.7 Å². The number of aryl methyl sites for hydroxylation is 1. The first-order chi connectivity index (χ1) is 14.1. The number of esters is 2. The summed E-state index contributed by atoms with van der Waals surface area (Å²) in [5.41, 5.74) is 2.70. The predicted molar refractivity (Wildman–Crippen MR) is 109 cm³/mol. The van der Waals surface area contributed by atoms with Gasteiger partial charge in [-0.3, -0.25) is 0 Å². The molecule has 0 atom stereocenters. The Balaban J connectivity index is 2.12. The number of carbonyl (C=O) groups excluding carboxylic acids is 2. The first kappa shape index (κ1) is 20.8. The number of aliphatic hydroxyl groups excluding tert-OH is 2. The summed E-state index contributed by atoms with van der Waals surface area (Å²) in [4.78, 5) is 24.4. The van der Waals surface area contributed by atoms with E-state index in [-0.39, 0.29) is 26.4 Å². The predicted octanol–water partition coefficient (Wildman–Crippen LogP) is 2.89. The Hall–Kier alpha value is -2.90. The molecule has 0 spiro atoms. The van der Waals surface area contributed by atoms with Crippen molar-refractivity contribution in [2.45, 2.75) is 26.3 Å². The van der Waals surface area contributed by atoms with E-state index in [0.29, 0.717) is 11.1 Å². The van der Waals surface area contributed by atoms with E-state index in [0.717, 1.165) is 41.2 Å². The number of hydrogen-bond acceptors (Lipinski definition) is 6. The van der Waals surface area contributed by atoms with E-state index in [1.165, 1.54) is 0 Å².